The normalized spacial score (nSPS) is 22.5. The van der Waals surface area contributed by atoms with E-state index < -0.39 is 0 Å². The Balaban J connectivity index is 2.03. The van der Waals surface area contributed by atoms with Crippen molar-refractivity contribution < 1.29 is 9.84 Å². The second kappa shape index (κ2) is 3.86. The summed E-state index contributed by atoms with van der Waals surface area (Å²) in [6.45, 7) is 0.655. The molecule has 14 heavy (non-hydrogen) atoms. The fraction of sp³-hybridized carbons (Fsp3) is 0.300. The average Bonchev–Trinajstić information content (AvgIpc) is 2.52. The molecule has 0 aromatic heterocycles. The molecule has 0 bridgehead atoms. The molecule has 1 heterocycles. The highest BCUT2D eigenvalue weighted by atomic mass is 16.5. The van der Waals surface area contributed by atoms with Crippen molar-refractivity contribution in [1.82, 2.24) is 0 Å². The fourth-order valence-corrected chi connectivity index (χ4v) is 1.48. The fourth-order valence-electron chi connectivity index (χ4n) is 1.48. The Labute approximate surface area is 82.7 Å². The van der Waals surface area contributed by atoms with Gasteiger partial charge in [-0.2, -0.15) is 0 Å². The third-order valence-electron chi connectivity index (χ3n) is 2.21. The second-order valence-corrected chi connectivity index (χ2v) is 3.29. The number of ether oxygens (including phenoxy) is 1. The van der Waals surface area contributed by atoms with E-state index in [1.165, 1.54) is 0 Å². The van der Waals surface area contributed by atoms with Crippen LogP contribution in [0.4, 0.5) is 5.69 Å². The van der Waals surface area contributed by atoms with Crippen molar-refractivity contribution in [3.63, 3.8) is 0 Å². The van der Waals surface area contributed by atoms with Gasteiger partial charge in [-0.3, -0.25) is 5.73 Å². The summed E-state index contributed by atoms with van der Waals surface area (Å²) in [6, 6.07) is 7.00. The van der Waals surface area contributed by atoms with Crippen molar-refractivity contribution in [2.24, 2.45) is 5.73 Å². The topological polar surface area (TPSA) is 67.5 Å². The first-order valence-corrected chi connectivity index (χ1v) is 4.56. The minimum absolute atomic E-state index is 0.0526. The van der Waals surface area contributed by atoms with Gasteiger partial charge in [0, 0.05) is 11.8 Å². The van der Waals surface area contributed by atoms with Crippen LogP contribution in [0.25, 0.3) is 0 Å². The molecule has 2 rings (SSSR count). The number of aromatic hydroxyl groups is 1. The van der Waals surface area contributed by atoms with E-state index in [4.69, 9.17) is 10.5 Å². The third kappa shape index (κ3) is 1.97. The SMILES string of the molecule is N[C]1OCCC1Nc1cccc(O)c1. The highest BCUT2D eigenvalue weighted by Crippen LogP contribution is 2.22. The summed E-state index contributed by atoms with van der Waals surface area (Å²) >= 11 is 0. The molecular weight excluding hydrogens is 180 g/mol. The third-order valence-corrected chi connectivity index (χ3v) is 2.21. The number of nitrogens with one attached hydrogen (secondary N) is 1. The zero-order valence-electron chi connectivity index (χ0n) is 7.73. The van der Waals surface area contributed by atoms with E-state index in [2.05, 4.69) is 5.32 Å². The highest BCUT2D eigenvalue weighted by molar-refractivity contribution is 5.49. The number of hydrogen-bond donors (Lipinski definition) is 3. The van der Waals surface area contributed by atoms with Crippen molar-refractivity contribution >= 4 is 5.69 Å². The molecule has 1 saturated heterocycles. The Hall–Kier alpha value is -1.26. The van der Waals surface area contributed by atoms with Gasteiger partial charge in [0.05, 0.1) is 12.6 Å². The molecule has 1 atom stereocenters. The molecule has 1 aliphatic heterocycles. The van der Waals surface area contributed by atoms with Crippen LogP contribution in [-0.4, -0.2) is 17.8 Å². The number of phenols is 1. The van der Waals surface area contributed by atoms with Crippen LogP contribution in [-0.2, 0) is 4.74 Å². The van der Waals surface area contributed by atoms with E-state index >= 15 is 0 Å². The quantitative estimate of drug-likeness (QED) is 0.656. The Morgan fingerprint density at radius 1 is 1.50 bits per heavy atom. The number of rotatable bonds is 2. The molecule has 1 aromatic rings. The highest BCUT2D eigenvalue weighted by Gasteiger charge is 2.25. The Bertz CT molecular complexity index is 317. The van der Waals surface area contributed by atoms with Gasteiger partial charge in [0.1, 0.15) is 5.75 Å². The van der Waals surface area contributed by atoms with Crippen LogP contribution in [0.5, 0.6) is 5.75 Å². The number of hydrogen-bond acceptors (Lipinski definition) is 4. The van der Waals surface area contributed by atoms with Crippen molar-refractivity contribution in [3.8, 4) is 5.75 Å². The standard InChI is InChI=1S/C10H13N2O2/c11-10-9(4-5-14-10)12-7-2-1-3-8(13)6-7/h1-3,6,9,12-13H,4-5,11H2. The molecule has 0 saturated carbocycles. The monoisotopic (exact) mass is 193 g/mol. The minimum atomic E-state index is 0.0526. The maximum absolute atomic E-state index is 9.24. The van der Waals surface area contributed by atoms with E-state index in [1.54, 1.807) is 18.2 Å². The maximum Gasteiger partial charge on any atom is 0.181 e. The first kappa shape index (κ1) is 9.30. The van der Waals surface area contributed by atoms with E-state index in [0.717, 1.165) is 12.1 Å². The van der Waals surface area contributed by atoms with E-state index in [0.29, 0.717) is 12.8 Å². The number of anilines is 1. The molecule has 1 aliphatic rings. The van der Waals surface area contributed by atoms with Gasteiger partial charge in [-0.1, -0.05) is 6.07 Å². The van der Waals surface area contributed by atoms with Crippen LogP contribution >= 0.6 is 0 Å². The van der Waals surface area contributed by atoms with Gasteiger partial charge in [-0.05, 0) is 18.6 Å². The number of phenolic OH excluding ortho intramolecular Hbond substituents is 1. The summed E-state index contributed by atoms with van der Waals surface area (Å²) in [5.74, 6) is 0.243. The second-order valence-electron chi connectivity index (χ2n) is 3.29. The zero-order valence-corrected chi connectivity index (χ0v) is 7.73. The van der Waals surface area contributed by atoms with Crippen LogP contribution in [0.1, 0.15) is 6.42 Å². The molecule has 1 fully saturated rings. The summed E-state index contributed by atoms with van der Waals surface area (Å²) in [5.41, 5.74) is 6.48. The summed E-state index contributed by atoms with van der Waals surface area (Å²) < 4.78 is 5.14. The number of benzene rings is 1. The Morgan fingerprint density at radius 2 is 2.36 bits per heavy atom. The first-order chi connectivity index (χ1) is 6.75. The van der Waals surface area contributed by atoms with Gasteiger partial charge in [0.2, 0.25) is 0 Å². The first-order valence-electron chi connectivity index (χ1n) is 4.56. The summed E-state index contributed by atoms with van der Waals surface area (Å²) in [5, 5.41) is 12.4. The lowest BCUT2D eigenvalue weighted by Gasteiger charge is -2.15. The van der Waals surface area contributed by atoms with Crippen molar-refractivity contribution in [1.29, 1.82) is 0 Å². The predicted octanol–water partition coefficient (Wildman–Crippen LogP) is 1.04. The minimum Gasteiger partial charge on any atom is -0.508 e. The van der Waals surface area contributed by atoms with Crippen LogP contribution in [0.15, 0.2) is 24.3 Å². The Morgan fingerprint density at radius 3 is 3.00 bits per heavy atom. The van der Waals surface area contributed by atoms with E-state index in [-0.39, 0.29) is 11.8 Å². The molecule has 0 spiro atoms. The largest absolute Gasteiger partial charge is 0.508 e. The van der Waals surface area contributed by atoms with E-state index in [1.807, 2.05) is 6.07 Å². The lowest BCUT2D eigenvalue weighted by atomic mass is 10.2. The molecule has 4 N–H and O–H groups in total. The van der Waals surface area contributed by atoms with Gasteiger partial charge in [0.25, 0.3) is 0 Å². The molecule has 1 radical (unpaired) electrons. The maximum atomic E-state index is 9.24. The Kier molecular flexibility index (Phi) is 2.56. The van der Waals surface area contributed by atoms with Crippen LogP contribution in [0, 0.1) is 6.23 Å². The molecule has 75 valence electrons. The van der Waals surface area contributed by atoms with Crippen LogP contribution in [0.2, 0.25) is 0 Å². The molecule has 4 heteroatoms. The molecular formula is C10H13N2O2. The van der Waals surface area contributed by atoms with E-state index in [9.17, 15) is 5.11 Å². The summed E-state index contributed by atoms with van der Waals surface area (Å²) in [6.07, 6.45) is 1.38. The molecule has 4 nitrogen and oxygen atoms in total. The molecule has 0 amide bonds. The lowest BCUT2D eigenvalue weighted by molar-refractivity contribution is 0.196. The summed E-state index contributed by atoms with van der Waals surface area (Å²) in [4.78, 5) is 0. The smallest absolute Gasteiger partial charge is 0.181 e. The van der Waals surface area contributed by atoms with Crippen molar-refractivity contribution in [2.75, 3.05) is 11.9 Å². The van der Waals surface area contributed by atoms with Gasteiger partial charge in [-0.25, -0.2) is 0 Å². The van der Waals surface area contributed by atoms with Gasteiger partial charge in [-0.15, -0.1) is 0 Å². The predicted molar refractivity (Wildman–Crippen MR) is 53.5 cm³/mol. The van der Waals surface area contributed by atoms with Gasteiger partial charge >= 0.3 is 0 Å². The molecule has 0 aliphatic carbocycles. The van der Waals surface area contributed by atoms with Gasteiger partial charge < -0.3 is 15.2 Å². The van der Waals surface area contributed by atoms with Crippen LogP contribution in [0.3, 0.4) is 0 Å². The average molecular weight is 193 g/mol. The van der Waals surface area contributed by atoms with Gasteiger partial charge in [0.15, 0.2) is 6.23 Å². The number of nitrogens with two attached hydrogens (primary N) is 1. The van der Waals surface area contributed by atoms with Crippen molar-refractivity contribution in [3.05, 3.63) is 30.5 Å². The van der Waals surface area contributed by atoms with Crippen molar-refractivity contribution in [2.45, 2.75) is 12.5 Å². The molecule has 1 aromatic carbocycles. The summed E-state index contributed by atoms with van der Waals surface area (Å²) in [7, 11) is 0. The molecule has 1 unspecified atom stereocenters. The zero-order chi connectivity index (χ0) is 9.97. The lowest BCUT2D eigenvalue weighted by Crippen LogP contribution is -2.28. The van der Waals surface area contributed by atoms with Crippen LogP contribution < -0.4 is 11.1 Å².